The quantitative estimate of drug-likeness (QED) is 0.487. The van der Waals surface area contributed by atoms with Crippen LogP contribution in [0.15, 0.2) is 18.3 Å². The minimum absolute atomic E-state index is 0.237. The molecule has 0 bridgehead atoms. The molecule has 0 radical (unpaired) electrons. The molecule has 1 rings (SSSR count). The van der Waals surface area contributed by atoms with Crippen LogP contribution in [0.4, 0.5) is 5.82 Å². The lowest BCUT2D eigenvalue weighted by Crippen LogP contribution is -2.40. The minimum Gasteiger partial charge on any atom is -0.383 e. The predicted octanol–water partition coefficient (Wildman–Crippen LogP) is 0.694. The molecule has 0 aliphatic rings. The first kappa shape index (κ1) is 10.9. The van der Waals surface area contributed by atoms with Crippen LogP contribution in [-0.2, 0) is 6.42 Å². The molecule has 14 heavy (non-hydrogen) atoms. The Labute approximate surface area is 84.7 Å². The molecule has 0 fully saturated rings. The minimum atomic E-state index is 0.237. The molecule has 5 N–H and O–H groups in total. The van der Waals surface area contributed by atoms with Crippen molar-refractivity contribution >= 4 is 5.82 Å². The molecule has 0 aliphatic carbocycles. The van der Waals surface area contributed by atoms with Gasteiger partial charge in [0, 0.05) is 12.2 Å². The molecule has 0 amide bonds. The van der Waals surface area contributed by atoms with Gasteiger partial charge in [-0.05, 0) is 24.0 Å². The lowest BCUT2D eigenvalue weighted by molar-refractivity contribution is 0.404. The lowest BCUT2D eigenvalue weighted by Gasteiger charge is -2.20. The van der Waals surface area contributed by atoms with Gasteiger partial charge in [-0.2, -0.15) is 0 Å². The third-order valence-electron chi connectivity index (χ3n) is 2.38. The Hall–Kier alpha value is -1.13. The molecule has 4 heteroatoms. The number of hydrogen-bond donors (Lipinski definition) is 3. The number of aromatic nitrogens is 1. The molecule has 1 atom stereocenters. The van der Waals surface area contributed by atoms with E-state index in [2.05, 4.69) is 24.3 Å². The van der Waals surface area contributed by atoms with Crippen LogP contribution in [0.25, 0.3) is 0 Å². The maximum Gasteiger partial charge on any atom is 0.126 e. The highest BCUT2D eigenvalue weighted by atomic mass is 15.2. The zero-order valence-corrected chi connectivity index (χ0v) is 8.70. The van der Waals surface area contributed by atoms with Gasteiger partial charge in [0.05, 0.1) is 0 Å². The highest BCUT2D eigenvalue weighted by molar-refractivity contribution is 5.38. The molecule has 0 aromatic carbocycles. The number of nitrogen functional groups attached to an aromatic ring is 1. The van der Waals surface area contributed by atoms with Gasteiger partial charge in [0.1, 0.15) is 5.82 Å². The number of nitrogens with two attached hydrogens (primary N) is 2. The standard InChI is InChI=1S/C10H18N4/c1-7(2)9(14-12)6-8-4-3-5-13-10(8)11/h3-5,7,9,14H,6,12H2,1-2H3,(H2,11,13). The van der Waals surface area contributed by atoms with E-state index in [9.17, 15) is 0 Å². The van der Waals surface area contributed by atoms with Crippen LogP contribution in [0.1, 0.15) is 19.4 Å². The second kappa shape index (κ2) is 4.93. The normalized spacial score (nSPS) is 13.1. The summed E-state index contributed by atoms with van der Waals surface area (Å²) in [5.74, 6) is 6.52. The molecule has 0 aliphatic heterocycles. The van der Waals surface area contributed by atoms with Gasteiger partial charge < -0.3 is 5.73 Å². The van der Waals surface area contributed by atoms with Gasteiger partial charge in [0.2, 0.25) is 0 Å². The van der Waals surface area contributed by atoms with Crippen molar-refractivity contribution in [3.05, 3.63) is 23.9 Å². The van der Waals surface area contributed by atoms with Crippen molar-refractivity contribution in [2.24, 2.45) is 11.8 Å². The third-order valence-corrected chi connectivity index (χ3v) is 2.38. The average Bonchev–Trinajstić information content (AvgIpc) is 2.16. The molecule has 0 spiro atoms. The summed E-state index contributed by atoms with van der Waals surface area (Å²) in [5.41, 5.74) is 9.58. The van der Waals surface area contributed by atoms with E-state index in [-0.39, 0.29) is 6.04 Å². The van der Waals surface area contributed by atoms with Gasteiger partial charge in [0.15, 0.2) is 0 Å². The van der Waals surface area contributed by atoms with Gasteiger partial charge in [0.25, 0.3) is 0 Å². The summed E-state index contributed by atoms with van der Waals surface area (Å²) in [7, 11) is 0. The van der Waals surface area contributed by atoms with Crippen molar-refractivity contribution in [3.63, 3.8) is 0 Å². The van der Waals surface area contributed by atoms with Crippen LogP contribution in [-0.4, -0.2) is 11.0 Å². The first-order chi connectivity index (χ1) is 6.65. The van der Waals surface area contributed by atoms with Crippen LogP contribution in [0.5, 0.6) is 0 Å². The molecular formula is C10H18N4. The first-order valence-corrected chi connectivity index (χ1v) is 4.80. The number of rotatable bonds is 4. The summed E-state index contributed by atoms with van der Waals surface area (Å²) in [6, 6.07) is 4.11. The Bertz CT molecular complexity index is 285. The zero-order valence-electron chi connectivity index (χ0n) is 8.70. The fraction of sp³-hybridized carbons (Fsp3) is 0.500. The average molecular weight is 194 g/mol. The van der Waals surface area contributed by atoms with Crippen molar-refractivity contribution in [1.82, 2.24) is 10.4 Å². The van der Waals surface area contributed by atoms with E-state index < -0.39 is 0 Å². The highest BCUT2D eigenvalue weighted by Gasteiger charge is 2.13. The van der Waals surface area contributed by atoms with Crippen molar-refractivity contribution in [1.29, 1.82) is 0 Å². The molecule has 1 aromatic rings. The highest BCUT2D eigenvalue weighted by Crippen LogP contribution is 2.13. The molecule has 78 valence electrons. The van der Waals surface area contributed by atoms with E-state index in [1.807, 2.05) is 12.1 Å². The van der Waals surface area contributed by atoms with E-state index >= 15 is 0 Å². The number of hydrogen-bond acceptors (Lipinski definition) is 4. The summed E-state index contributed by atoms with van der Waals surface area (Å²) >= 11 is 0. The van der Waals surface area contributed by atoms with Crippen LogP contribution in [0.2, 0.25) is 0 Å². The molecule has 1 heterocycles. The SMILES string of the molecule is CC(C)C(Cc1cccnc1N)NN. The number of hydrazine groups is 1. The Morgan fingerprint density at radius 2 is 2.21 bits per heavy atom. The van der Waals surface area contributed by atoms with Crippen molar-refractivity contribution in [2.75, 3.05) is 5.73 Å². The maximum atomic E-state index is 5.74. The molecule has 0 saturated heterocycles. The van der Waals surface area contributed by atoms with E-state index in [0.717, 1.165) is 12.0 Å². The van der Waals surface area contributed by atoms with E-state index in [0.29, 0.717) is 11.7 Å². The van der Waals surface area contributed by atoms with Gasteiger partial charge in [-0.25, -0.2) is 4.98 Å². The van der Waals surface area contributed by atoms with Crippen LogP contribution in [0.3, 0.4) is 0 Å². The fourth-order valence-electron chi connectivity index (χ4n) is 1.35. The van der Waals surface area contributed by atoms with Gasteiger partial charge in [-0.1, -0.05) is 19.9 Å². The van der Waals surface area contributed by atoms with Crippen LogP contribution >= 0.6 is 0 Å². The smallest absolute Gasteiger partial charge is 0.126 e. The second-order valence-electron chi connectivity index (χ2n) is 3.77. The summed E-state index contributed by atoms with van der Waals surface area (Å²) in [6.07, 6.45) is 2.51. The summed E-state index contributed by atoms with van der Waals surface area (Å²) < 4.78 is 0. The van der Waals surface area contributed by atoms with Crippen molar-refractivity contribution in [3.8, 4) is 0 Å². The first-order valence-electron chi connectivity index (χ1n) is 4.80. The maximum absolute atomic E-state index is 5.74. The zero-order chi connectivity index (χ0) is 10.6. The summed E-state index contributed by atoms with van der Waals surface area (Å²) in [5, 5.41) is 0. The molecule has 0 saturated carbocycles. The fourth-order valence-corrected chi connectivity index (χ4v) is 1.35. The Balaban J connectivity index is 2.72. The molecular weight excluding hydrogens is 176 g/mol. The summed E-state index contributed by atoms with van der Waals surface area (Å²) in [6.45, 7) is 4.24. The van der Waals surface area contributed by atoms with Gasteiger partial charge >= 0.3 is 0 Å². The molecule has 1 aromatic heterocycles. The van der Waals surface area contributed by atoms with Crippen LogP contribution < -0.4 is 17.0 Å². The Kier molecular flexibility index (Phi) is 3.85. The number of nitrogens with one attached hydrogen (secondary N) is 1. The van der Waals surface area contributed by atoms with Gasteiger partial charge in [-0.3, -0.25) is 11.3 Å². The molecule has 4 nitrogen and oxygen atoms in total. The monoisotopic (exact) mass is 194 g/mol. The van der Waals surface area contributed by atoms with E-state index in [1.165, 1.54) is 0 Å². The Morgan fingerprint density at radius 3 is 2.71 bits per heavy atom. The Morgan fingerprint density at radius 1 is 1.50 bits per heavy atom. The van der Waals surface area contributed by atoms with Crippen molar-refractivity contribution in [2.45, 2.75) is 26.3 Å². The largest absolute Gasteiger partial charge is 0.383 e. The summed E-state index contributed by atoms with van der Waals surface area (Å²) in [4.78, 5) is 4.03. The number of nitrogens with zero attached hydrogens (tertiary/aromatic N) is 1. The van der Waals surface area contributed by atoms with Gasteiger partial charge in [-0.15, -0.1) is 0 Å². The second-order valence-corrected chi connectivity index (χ2v) is 3.77. The topological polar surface area (TPSA) is 77.0 Å². The van der Waals surface area contributed by atoms with E-state index in [4.69, 9.17) is 11.6 Å². The number of anilines is 1. The number of pyridine rings is 1. The van der Waals surface area contributed by atoms with Crippen LogP contribution in [0, 0.1) is 5.92 Å². The molecule has 1 unspecified atom stereocenters. The lowest BCUT2D eigenvalue weighted by atomic mass is 9.97. The third kappa shape index (κ3) is 2.68. The van der Waals surface area contributed by atoms with Crippen molar-refractivity contribution < 1.29 is 0 Å². The van der Waals surface area contributed by atoms with E-state index in [1.54, 1.807) is 6.20 Å². The predicted molar refractivity (Wildman–Crippen MR) is 58.3 cm³/mol.